The third-order valence-electron chi connectivity index (χ3n) is 3.62. The van der Waals surface area contributed by atoms with Gasteiger partial charge in [0.05, 0.1) is 5.56 Å². The Labute approximate surface area is 108 Å². The SMILES string of the molecule is CCNc1ncccc1C(=O)N(C)C(C)C1CC1. The van der Waals surface area contributed by atoms with Crippen LogP contribution >= 0.6 is 0 Å². The summed E-state index contributed by atoms with van der Waals surface area (Å²) in [5.74, 6) is 1.41. The van der Waals surface area contributed by atoms with Gasteiger partial charge in [0.15, 0.2) is 0 Å². The number of anilines is 1. The van der Waals surface area contributed by atoms with Crippen molar-refractivity contribution in [2.75, 3.05) is 18.9 Å². The third-order valence-corrected chi connectivity index (χ3v) is 3.62. The van der Waals surface area contributed by atoms with E-state index in [9.17, 15) is 4.79 Å². The van der Waals surface area contributed by atoms with Gasteiger partial charge >= 0.3 is 0 Å². The Kier molecular flexibility index (Phi) is 3.84. The summed E-state index contributed by atoms with van der Waals surface area (Å²) in [6.45, 7) is 4.89. The van der Waals surface area contributed by atoms with E-state index < -0.39 is 0 Å². The molecule has 1 aromatic rings. The average Bonchev–Trinajstić information content (AvgIpc) is 3.21. The highest BCUT2D eigenvalue weighted by atomic mass is 16.2. The van der Waals surface area contributed by atoms with Crippen LogP contribution in [0.2, 0.25) is 0 Å². The summed E-state index contributed by atoms with van der Waals surface area (Å²) in [5, 5.41) is 3.14. The molecule has 0 aromatic carbocycles. The average molecular weight is 247 g/mol. The number of hydrogen-bond acceptors (Lipinski definition) is 3. The fourth-order valence-corrected chi connectivity index (χ4v) is 2.16. The Bertz CT molecular complexity index is 429. The van der Waals surface area contributed by atoms with Gasteiger partial charge in [0.25, 0.3) is 5.91 Å². The molecule has 1 heterocycles. The minimum Gasteiger partial charge on any atom is -0.370 e. The van der Waals surface area contributed by atoms with Crippen LogP contribution in [-0.2, 0) is 0 Å². The molecule has 0 radical (unpaired) electrons. The number of carbonyl (C=O) groups is 1. The molecule has 0 spiro atoms. The minimum absolute atomic E-state index is 0.0541. The first-order valence-corrected chi connectivity index (χ1v) is 6.61. The molecule has 1 aliphatic rings. The first-order chi connectivity index (χ1) is 8.65. The van der Waals surface area contributed by atoms with E-state index in [1.165, 1.54) is 12.8 Å². The molecule has 4 nitrogen and oxygen atoms in total. The van der Waals surface area contributed by atoms with Crippen molar-refractivity contribution in [2.24, 2.45) is 5.92 Å². The minimum atomic E-state index is 0.0541. The van der Waals surface area contributed by atoms with Crippen LogP contribution in [0, 0.1) is 5.92 Å². The van der Waals surface area contributed by atoms with Gasteiger partial charge in [-0.2, -0.15) is 0 Å². The first-order valence-electron chi connectivity index (χ1n) is 6.61. The van der Waals surface area contributed by atoms with Gasteiger partial charge in [-0.1, -0.05) is 0 Å². The fraction of sp³-hybridized carbons (Fsp3) is 0.571. The van der Waals surface area contributed by atoms with E-state index in [0.717, 1.165) is 6.54 Å². The molecule has 1 aromatic heterocycles. The largest absolute Gasteiger partial charge is 0.370 e. The molecule has 1 N–H and O–H groups in total. The second-order valence-corrected chi connectivity index (χ2v) is 4.92. The summed E-state index contributed by atoms with van der Waals surface area (Å²) >= 11 is 0. The van der Waals surface area contributed by atoms with Crippen molar-refractivity contribution in [3.05, 3.63) is 23.9 Å². The Hall–Kier alpha value is -1.58. The second kappa shape index (κ2) is 5.38. The monoisotopic (exact) mass is 247 g/mol. The van der Waals surface area contributed by atoms with E-state index >= 15 is 0 Å². The molecule has 1 aliphatic carbocycles. The zero-order valence-corrected chi connectivity index (χ0v) is 11.3. The summed E-state index contributed by atoms with van der Waals surface area (Å²) in [6, 6.07) is 3.96. The molecular formula is C14H21N3O. The van der Waals surface area contributed by atoms with Crippen LogP contribution in [0.1, 0.15) is 37.0 Å². The number of nitrogens with zero attached hydrogens (tertiary/aromatic N) is 2. The summed E-state index contributed by atoms with van der Waals surface area (Å²) in [4.78, 5) is 18.5. The normalized spacial score (nSPS) is 16.2. The number of nitrogens with one attached hydrogen (secondary N) is 1. The van der Waals surface area contributed by atoms with Crippen molar-refractivity contribution in [3.63, 3.8) is 0 Å². The molecule has 0 bridgehead atoms. The van der Waals surface area contributed by atoms with Gasteiger partial charge in [-0.3, -0.25) is 4.79 Å². The molecule has 1 atom stereocenters. The van der Waals surface area contributed by atoms with E-state index in [1.54, 1.807) is 6.20 Å². The number of pyridine rings is 1. The summed E-state index contributed by atoms with van der Waals surface area (Å²) in [7, 11) is 1.88. The molecule has 1 amide bonds. The molecule has 0 saturated heterocycles. The summed E-state index contributed by atoms with van der Waals surface area (Å²) < 4.78 is 0. The number of amides is 1. The van der Waals surface area contributed by atoms with Gasteiger partial charge in [0.1, 0.15) is 5.82 Å². The van der Waals surface area contributed by atoms with Gasteiger partial charge in [0, 0.05) is 25.8 Å². The molecule has 18 heavy (non-hydrogen) atoms. The van der Waals surface area contributed by atoms with Crippen molar-refractivity contribution < 1.29 is 4.79 Å². The van der Waals surface area contributed by atoms with E-state index in [1.807, 2.05) is 31.0 Å². The molecule has 1 fully saturated rings. The molecule has 1 unspecified atom stereocenters. The molecular weight excluding hydrogens is 226 g/mol. The number of rotatable bonds is 5. The second-order valence-electron chi connectivity index (χ2n) is 4.92. The van der Waals surface area contributed by atoms with Crippen molar-refractivity contribution in [3.8, 4) is 0 Å². The van der Waals surface area contributed by atoms with Gasteiger partial charge in [-0.25, -0.2) is 4.98 Å². The Balaban J connectivity index is 2.16. The van der Waals surface area contributed by atoms with E-state index in [0.29, 0.717) is 23.3 Å². The lowest BCUT2D eigenvalue weighted by molar-refractivity contribution is 0.0728. The van der Waals surface area contributed by atoms with Crippen LogP contribution in [0.25, 0.3) is 0 Å². The highest BCUT2D eigenvalue weighted by Crippen LogP contribution is 2.35. The maximum absolute atomic E-state index is 12.5. The zero-order chi connectivity index (χ0) is 13.1. The number of aromatic nitrogens is 1. The maximum Gasteiger partial charge on any atom is 0.257 e. The lowest BCUT2D eigenvalue weighted by Gasteiger charge is -2.25. The summed E-state index contributed by atoms with van der Waals surface area (Å²) in [5.41, 5.74) is 0.661. The first kappa shape index (κ1) is 12.9. The van der Waals surface area contributed by atoms with E-state index in [-0.39, 0.29) is 5.91 Å². The van der Waals surface area contributed by atoms with Crippen molar-refractivity contribution in [2.45, 2.75) is 32.7 Å². The van der Waals surface area contributed by atoms with Gasteiger partial charge in [0.2, 0.25) is 0 Å². The Morgan fingerprint density at radius 2 is 2.33 bits per heavy atom. The lowest BCUT2D eigenvalue weighted by Crippen LogP contribution is -2.36. The maximum atomic E-state index is 12.5. The van der Waals surface area contributed by atoms with Crippen LogP contribution in [0.4, 0.5) is 5.82 Å². The lowest BCUT2D eigenvalue weighted by atomic mass is 10.1. The van der Waals surface area contributed by atoms with Gasteiger partial charge in [-0.15, -0.1) is 0 Å². The van der Waals surface area contributed by atoms with Gasteiger partial charge < -0.3 is 10.2 Å². The standard InChI is InChI=1S/C14H21N3O/c1-4-15-13-12(6-5-9-16-13)14(18)17(3)10(2)11-7-8-11/h5-6,9-11H,4,7-8H2,1-3H3,(H,15,16). The summed E-state index contributed by atoms with van der Waals surface area (Å²) in [6.07, 6.45) is 4.19. The molecule has 98 valence electrons. The Morgan fingerprint density at radius 1 is 1.61 bits per heavy atom. The smallest absolute Gasteiger partial charge is 0.257 e. The zero-order valence-electron chi connectivity index (χ0n) is 11.3. The predicted molar refractivity (Wildman–Crippen MR) is 72.7 cm³/mol. The van der Waals surface area contributed by atoms with Gasteiger partial charge in [-0.05, 0) is 44.7 Å². The highest BCUT2D eigenvalue weighted by Gasteiger charge is 2.33. The van der Waals surface area contributed by atoms with Crippen LogP contribution in [0.3, 0.4) is 0 Å². The molecule has 0 aliphatic heterocycles. The molecule has 1 saturated carbocycles. The van der Waals surface area contributed by atoms with E-state index in [4.69, 9.17) is 0 Å². The van der Waals surface area contributed by atoms with Crippen LogP contribution in [0.5, 0.6) is 0 Å². The van der Waals surface area contributed by atoms with Crippen molar-refractivity contribution >= 4 is 11.7 Å². The highest BCUT2D eigenvalue weighted by molar-refractivity contribution is 5.98. The predicted octanol–water partition coefficient (Wildman–Crippen LogP) is 2.38. The molecule has 2 rings (SSSR count). The van der Waals surface area contributed by atoms with Crippen molar-refractivity contribution in [1.82, 2.24) is 9.88 Å². The van der Waals surface area contributed by atoms with E-state index in [2.05, 4.69) is 17.2 Å². The number of hydrogen-bond donors (Lipinski definition) is 1. The fourth-order valence-electron chi connectivity index (χ4n) is 2.16. The van der Waals surface area contributed by atoms with Crippen LogP contribution in [-0.4, -0.2) is 35.4 Å². The quantitative estimate of drug-likeness (QED) is 0.869. The van der Waals surface area contributed by atoms with Crippen LogP contribution < -0.4 is 5.32 Å². The molecule has 4 heteroatoms. The third kappa shape index (κ3) is 2.63. The van der Waals surface area contributed by atoms with Crippen LogP contribution in [0.15, 0.2) is 18.3 Å². The number of carbonyl (C=O) groups excluding carboxylic acids is 1. The topological polar surface area (TPSA) is 45.2 Å². The Morgan fingerprint density at radius 3 is 2.94 bits per heavy atom. The van der Waals surface area contributed by atoms with Crippen molar-refractivity contribution in [1.29, 1.82) is 0 Å².